The lowest BCUT2D eigenvalue weighted by Gasteiger charge is -2.33. The second-order valence-corrected chi connectivity index (χ2v) is 7.98. The molecular formula is C22H26ClN7O. The molecule has 2 aromatic heterocycles. The summed E-state index contributed by atoms with van der Waals surface area (Å²) >= 11 is 5.93. The highest BCUT2D eigenvalue weighted by atomic mass is 35.5. The largest absolute Gasteiger partial charge is 0.356 e. The minimum absolute atomic E-state index is 0.347. The zero-order valence-electron chi connectivity index (χ0n) is 17.7. The Balaban J connectivity index is 1.26. The molecule has 1 fully saturated rings. The van der Waals surface area contributed by atoms with E-state index in [1.165, 1.54) is 5.56 Å². The van der Waals surface area contributed by atoms with E-state index in [-0.39, 0.29) is 0 Å². The van der Waals surface area contributed by atoms with Gasteiger partial charge in [0.2, 0.25) is 11.7 Å². The molecule has 0 saturated carbocycles. The summed E-state index contributed by atoms with van der Waals surface area (Å²) in [5.74, 6) is 2.79. The van der Waals surface area contributed by atoms with Crippen molar-refractivity contribution in [2.45, 2.75) is 32.4 Å². The average Bonchev–Trinajstić information content (AvgIpc) is 3.27. The van der Waals surface area contributed by atoms with Gasteiger partial charge >= 0.3 is 0 Å². The van der Waals surface area contributed by atoms with E-state index in [4.69, 9.17) is 16.1 Å². The van der Waals surface area contributed by atoms with Crippen molar-refractivity contribution in [1.29, 1.82) is 0 Å². The van der Waals surface area contributed by atoms with Crippen molar-refractivity contribution in [2.75, 3.05) is 25.0 Å². The van der Waals surface area contributed by atoms with Crippen LogP contribution in [0.25, 0.3) is 11.4 Å². The van der Waals surface area contributed by atoms with Gasteiger partial charge < -0.3 is 20.1 Å². The van der Waals surface area contributed by atoms with E-state index in [9.17, 15) is 0 Å². The van der Waals surface area contributed by atoms with E-state index in [0.717, 1.165) is 43.3 Å². The van der Waals surface area contributed by atoms with Crippen LogP contribution in [-0.4, -0.2) is 47.3 Å². The summed E-state index contributed by atoms with van der Waals surface area (Å²) < 4.78 is 5.35. The van der Waals surface area contributed by atoms with Gasteiger partial charge in [0.1, 0.15) is 5.82 Å². The lowest BCUT2D eigenvalue weighted by Crippen LogP contribution is -2.48. The number of aromatic nitrogens is 3. The number of rotatable bonds is 5. The Morgan fingerprint density at radius 1 is 1.19 bits per heavy atom. The first-order valence-electron chi connectivity index (χ1n) is 10.3. The maximum atomic E-state index is 5.93. The van der Waals surface area contributed by atoms with Crippen LogP contribution in [0.15, 0.2) is 52.1 Å². The Kier molecular flexibility index (Phi) is 6.66. The summed E-state index contributed by atoms with van der Waals surface area (Å²) in [5, 5.41) is 11.4. The van der Waals surface area contributed by atoms with Crippen LogP contribution in [0.5, 0.6) is 0 Å². The summed E-state index contributed by atoms with van der Waals surface area (Å²) in [6.07, 6.45) is 3.94. The van der Waals surface area contributed by atoms with Crippen LogP contribution in [0, 0.1) is 6.92 Å². The monoisotopic (exact) mass is 439 g/mol. The molecule has 1 aromatic carbocycles. The smallest absolute Gasteiger partial charge is 0.246 e. The fourth-order valence-corrected chi connectivity index (χ4v) is 3.62. The van der Waals surface area contributed by atoms with Crippen LogP contribution < -0.4 is 15.5 Å². The number of guanidine groups is 1. The Bertz CT molecular complexity index is 1010. The molecule has 8 nitrogen and oxygen atoms in total. The van der Waals surface area contributed by atoms with Crippen molar-refractivity contribution in [1.82, 2.24) is 25.8 Å². The molecule has 3 heterocycles. The Hall–Kier alpha value is -3.13. The number of halogens is 1. The lowest BCUT2D eigenvalue weighted by atomic mass is 10.1. The van der Waals surface area contributed by atoms with Gasteiger partial charge in [-0.2, -0.15) is 4.98 Å². The van der Waals surface area contributed by atoms with Crippen LogP contribution >= 0.6 is 11.6 Å². The summed E-state index contributed by atoms with van der Waals surface area (Å²) in [6, 6.07) is 11.9. The maximum absolute atomic E-state index is 5.93. The molecule has 4 rings (SSSR count). The molecule has 0 spiro atoms. The molecule has 162 valence electrons. The third kappa shape index (κ3) is 5.52. The van der Waals surface area contributed by atoms with Crippen molar-refractivity contribution in [3.05, 3.63) is 59.1 Å². The number of aryl methyl sites for hydroxylation is 1. The molecule has 0 amide bonds. The number of nitrogens with zero attached hydrogens (tertiary/aromatic N) is 5. The minimum Gasteiger partial charge on any atom is -0.356 e. The van der Waals surface area contributed by atoms with Gasteiger partial charge in [0.05, 0.1) is 6.54 Å². The SMILES string of the molecule is CN=C(NCc1nc(-c2ccc(Cl)cc2)no1)NC1CCN(c2ccc(C)cn2)CC1. The van der Waals surface area contributed by atoms with E-state index in [1.807, 2.05) is 18.3 Å². The number of nitrogens with one attached hydrogen (secondary N) is 2. The Morgan fingerprint density at radius 2 is 1.97 bits per heavy atom. The van der Waals surface area contributed by atoms with Crippen LogP contribution in [-0.2, 0) is 6.54 Å². The predicted molar refractivity (Wildman–Crippen MR) is 122 cm³/mol. The van der Waals surface area contributed by atoms with Gasteiger partial charge in [-0.3, -0.25) is 4.99 Å². The number of pyridine rings is 1. The van der Waals surface area contributed by atoms with E-state index in [1.54, 1.807) is 19.2 Å². The molecule has 9 heteroatoms. The number of benzene rings is 1. The highest BCUT2D eigenvalue weighted by Crippen LogP contribution is 2.19. The van der Waals surface area contributed by atoms with E-state index in [0.29, 0.717) is 29.3 Å². The molecule has 0 radical (unpaired) electrons. The van der Waals surface area contributed by atoms with Crippen molar-refractivity contribution < 1.29 is 4.52 Å². The van der Waals surface area contributed by atoms with Crippen LogP contribution in [0.4, 0.5) is 5.82 Å². The summed E-state index contributed by atoms with van der Waals surface area (Å²) in [5.41, 5.74) is 2.04. The van der Waals surface area contributed by atoms with E-state index in [2.05, 4.69) is 54.7 Å². The zero-order valence-corrected chi connectivity index (χ0v) is 18.4. The molecule has 1 aliphatic rings. The topological polar surface area (TPSA) is 91.5 Å². The zero-order chi connectivity index (χ0) is 21.6. The quantitative estimate of drug-likeness (QED) is 0.464. The number of aliphatic imine (C=N–C) groups is 1. The third-order valence-corrected chi connectivity index (χ3v) is 5.51. The second kappa shape index (κ2) is 9.78. The fraction of sp³-hybridized carbons (Fsp3) is 0.364. The van der Waals surface area contributed by atoms with Gasteiger partial charge in [0.15, 0.2) is 5.96 Å². The van der Waals surface area contributed by atoms with E-state index < -0.39 is 0 Å². The first kappa shape index (κ1) is 21.1. The number of hydrogen-bond donors (Lipinski definition) is 2. The Morgan fingerprint density at radius 3 is 2.65 bits per heavy atom. The van der Waals surface area contributed by atoms with Crippen molar-refractivity contribution in [2.24, 2.45) is 4.99 Å². The molecule has 1 saturated heterocycles. The number of hydrogen-bond acceptors (Lipinski definition) is 6. The van der Waals surface area contributed by atoms with Gasteiger partial charge in [-0.05, 0) is 55.7 Å². The van der Waals surface area contributed by atoms with Gasteiger partial charge in [0, 0.05) is 43.0 Å². The van der Waals surface area contributed by atoms with Crippen molar-refractivity contribution >= 4 is 23.4 Å². The predicted octanol–water partition coefficient (Wildman–Crippen LogP) is 3.43. The van der Waals surface area contributed by atoms with Gasteiger partial charge in [-0.25, -0.2) is 4.98 Å². The standard InChI is InChI=1S/C22H26ClN7O/c1-15-3-8-19(25-13-15)30-11-9-18(10-12-30)27-22(24-2)26-14-20-28-21(29-31-20)16-4-6-17(23)7-5-16/h3-8,13,18H,9-12,14H2,1-2H3,(H2,24,26,27). The molecule has 0 unspecified atom stereocenters. The molecule has 1 aliphatic heterocycles. The summed E-state index contributed by atoms with van der Waals surface area (Å²) in [4.78, 5) is 15.6. The maximum Gasteiger partial charge on any atom is 0.246 e. The van der Waals surface area contributed by atoms with Gasteiger partial charge in [-0.1, -0.05) is 22.8 Å². The normalized spacial score (nSPS) is 15.2. The van der Waals surface area contributed by atoms with E-state index >= 15 is 0 Å². The molecule has 3 aromatic rings. The molecule has 2 N–H and O–H groups in total. The van der Waals surface area contributed by atoms with Gasteiger partial charge in [0.25, 0.3) is 0 Å². The first-order chi connectivity index (χ1) is 15.1. The molecule has 0 aliphatic carbocycles. The number of anilines is 1. The Labute approximate surface area is 186 Å². The van der Waals surface area contributed by atoms with Crippen LogP contribution in [0.2, 0.25) is 5.02 Å². The fourth-order valence-electron chi connectivity index (χ4n) is 3.49. The first-order valence-corrected chi connectivity index (χ1v) is 10.7. The lowest BCUT2D eigenvalue weighted by molar-refractivity contribution is 0.374. The highest BCUT2D eigenvalue weighted by molar-refractivity contribution is 6.30. The number of piperidine rings is 1. The van der Waals surface area contributed by atoms with Gasteiger partial charge in [-0.15, -0.1) is 0 Å². The molecule has 31 heavy (non-hydrogen) atoms. The average molecular weight is 440 g/mol. The van der Waals surface area contributed by atoms with Crippen molar-refractivity contribution in [3.8, 4) is 11.4 Å². The second-order valence-electron chi connectivity index (χ2n) is 7.54. The van der Waals surface area contributed by atoms with Crippen LogP contribution in [0.3, 0.4) is 0 Å². The summed E-state index contributed by atoms with van der Waals surface area (Å²) in [7, 11) is 1.76. The van der Waals surface area contributed by atoms with Crippen molar-refractivity contribution in [3.63, 3.8) is 0 Å². The molecular weight excluding hydrogens is 414 g/mol. The molecule has 0 bridgehead atoms. The molecule has 0 atom stereocenters. The minimum atomic E-state index is 0.347. The third-order valence-electron chi connectivity index (χ3n) is 5.26. The summed E-state index contributed by atoms with van der Waals surface area (Å²) in [6.45, 7) is 4.36. The van der Waals surface area contributed by atoms with Crippen LogP contribution in [0.1, 0.15) is 24.3 Å². The highest BCUT2D eigenvalue weighted by Gasteiger charge is 2.21.